The smallest absolute Gasteiger partial charge is 0.244 e. The number of rotatable bonds is 1. The van der Waals surface area contributed by atoms with Crippen molar-refractivity contribution < 1.29 is 4.34 Å². The maximum Gasteiger partial charge on any atom is 0.244 e. The second kappa shape index (κ2) is 2.24. The zero-order valence-corrected chi connectivity index (χ0v) is 7.25. The van der Waals surface area contributed by atoms with Gasteiger partial charge in [0.2, 0.25) is 6.33 Å². The number of nitrogens with one attached hydrogen (secondary N) is 1. The van der Waals surface area contributed by atoms with Crippen molar-refractivity contribution in [1.82, 2.24) is 4.98 Å². The van der Waals surface area contributed by atoms with Gasteiger partial charge >= 0.3 is 0 Å². The molecule has 1 heterocycles. The molecule has 0 amide bonds. The summed E-state index contributed by atoms with van der Waals surface area (Å²) in [6.07, 6.45) is 4.51. The van der Waals surface area contributed by atoms with Crippen molar-refractivity contribution in [3.8, 4) is 0 Å². The molecule has 0 bridgehead atoms. The number of nitrogens with zero attached hydrogens (tertiary/aromatic N) is 1. The normalized spacial score (nSPS) is 11.8. The van der Waals surface area contributed by atoms with Gasteiger partial charge in [0.15, 0.2) is 0 Å². The van der Waals surface area contributed by atoms with Crippen molar-refractivity contribution >= 4 is 18.0 Å². The highest BCUT2D eigenvalue weighted by Gasteiger charge is 2.08. The molecule has 2 nitrogen and oxygen atoms in total. The second-order valence-corrected chi connectivity index (χ2v) is 8.02. The van der Waals surface area contributed by atoms with Crippen LogP contribution in [0.2, 0.25) is 0 Å². The van der Waals surface area contributed by atoms with Crippen molar-refractivity contribution in [3.63, 3.8) is 0 Å². The van der Waals surface area contributed by atoms with Gasteiger partial charge in [-0.05, 0) is 11.8 Å². The maximum atomic E-state index is 5.26. The summed E-state index contributed by atoms with van der Waals surface area (Å²) in [6.45, 7) is 4.19. The van der Waals surface area contributed by atoms with Crippen LogP contribution in [0.5, 0.6) is 0 Å². The van der Waals surface area contributed by atoms with Crippen molar-refractivity contribution in [2.24, 2.45) is 0 Å². The van der Waals surface area contributed by atoms with Gasteiger partial charge in [0.05, 0.1) is 0 Å². The molecule has 9 heavy (non-hydrogen) atoms. The molecule has 0 saturated heterocycles. The standard InChI is InChI=1S/C5H9N2PS/c1-8(2,9)7-4-3-6-5-7/h3-5H,1-2H3/p+1. The first-order valence-electron chi connectivity index (χ1n) is 2.70. The summed E-state index contributed by atoms with van der Waals surface area (Å²) in [5.41, 5.74) is 0. The molecule has 0 spiro atoms. The fraction of sp³-hybridized carbons (Fsp3) is 0.400. The Kier molecular flexibility index (Phi) is 1.73. The molecule has 1 rings (SSSR count). The molecule has 0 saturated carbocycles. The lowest BCUT2D eigenvalue weighted by molar-refractivity contribution is -0.509. The molecule has 0 aliphatic heterocycles. The predicted molar refractivity (Wildman–Crippen MR) is 42.5 cm³/mol. The Bertz CT molecular complexity index is 223. The molecular weight excluding hydrogens is 151 g/mol. The first-order chi connectivity index (χ1) is 4.11. The van der Waals surface area contributed by atoms with Crippen LogP contribution in [0.1, 0.15) is 0 Å². The van der Waals surface area contributed by atoms with Crippen LogP contribution in [-0.2, 0) is 11.8 Å². The molecule has 0 unspecified atom stereocenters. The third-order valence-electron chi connectivity index (χ3n) is 1.09. The third-order valence-corrected chi connectivity index (χ3v) is 3.01. The molecule has 1 N–H and O–H groups in total. The topological polar surface area (TPSA) is 19.7 Å². The van der Waals surface area contributed by atoms with E-state index in [9.17, 15) is 0 Å². The van der Waals surface area contributed by atoms with E-state index in [1.54, 1.807) is 0 Å². The molecule has 1 aromatic rings. The summed E-state index contributed by atoms with van der Waals surface area (Å²) in [5.74, 6) is 0. The lowest BCUT2D eigenvalue weighted by atomic mass is 11.0. The average Bonchev–Trinajstić information content (AvgIpc) is 2.08. The number of hydrogen-bond acceptors (Lipinski definition) is 1. The Morgan fingerprint density at radius 1 is 1.56 bits per heavy atom. The van der Waals surface area contributed by atoms with Gasteiger partial charge < -0.3 is 0 Å². The number of aromatic nitrogens is 2. The Hall–Kier alpha value is -0.140. The first-order valence-corrected chi connectivity index (χ1v) is 6.35. The van der Waals surface area contributed by atoms with E-state index in [0.29, 0.717) is 0 Å². The molecule has 0 aromatic carbocycles. The number of imidazole rings is 1. The van der Waals surface area contributed by atoms with Crippen LogP contribution in [0.3, 0.4) is 0 Å². The van der Waals surface area contributed by atoms with E-state index < -0.39 is 6.19 Å². The maximum absolute atomic E-state index is 5.26. The minimum absolute atomic E-state index is 1.25. The highest BCUT2D eigenvalue weighted by Crippen LogP contribution is 2.28. The molecule has 4 heteroatoms. The van der Waals surface area contributed by atoms with Gasteiger partial charge in [0.1, 0.15) is 18.6 Å². The summed E-state index contributed by atoms with van der Waals surface area (Å²) in [4.78, 5) is 2.96. The molecule has 0 fully saturated rings. The van der Waals surface area contributed by atoms with Crippen molar-refractivity contribution in [1.29, 1.82) is 0 Å². The largest absolute Gasteiger partial charge is 0.250 e. The Morgan fingerprint density at radius 3 is 2.44 bits per heavy atom. The fourth-order valence-electron chi connectivity index (χ4n) is 0.581. The Morgan fingerprint density at radius 2 is 2.22 bits per heavy atom. The van der Waals surface area contributed by atoms with E-state index in [4.69, 9.17) is 11.8 Å². The lowest BCUT2D eigenvalue weighted by Gasteiger charge is -2.02. The van der Waals surface area contributed by atoms with E-state index in [0.717, 1.165) is 0 Å². The van der Waals surface area contributed by atoms with Gasteiger partial charge in [0.25, 0.3) is 0 Å². The highest BCUT2D eigenvalue weighted by molar-refractivity contribution is 8.10. The van der Waals surface area contributed by atoms with Crippen LogP contribution in [0, 0.1) is 0 Å². The third kappa shape index (κ3) is 1.63. The average molecular weight is 161 g/mol. The van der Waals surface area contributed by atoms with Crippen LogP contribution >= 0.6 is 6.19 Å². The summed E-state index contributed by atoms with van der Waals surface area (Å²) >= 11 is 5.26. The van der Waals surface area contributed by atoms with Crippen LogP contribution < -0.4 is 4.34 Å². The molecule has 0 aliphatic carbocycles. The van der Waals surface area contributed by atoms with Crippen molar-refractivity contribution in [2.45, 2.75) is 0 Å². The Balaban J connectivity index is 3.04. The van der Waals surface area contributed by atoms with Crippen LogP contribution in [0.25, 0.3) is 0 Å². The molecule has 50 valence electrons. The van der Waals surface area contributed by atoms with E-state index in [2.05, 4.69) is 22.7 Å². The first kappa shape index (κ1) is 6.97. The van der Waals surface area contributed by atoms with E-state index in [1.807, 2.05) is 18.7 Å². The van der Waals surface area contributed by atoms with E-state index >= 15 is 0 Å². The lowest BCUT2D eigenvalue weighted by Crippen LogP contribution is -2.25. The quantitative estimate of drug-likeness (QED) is 0.604. The zero-order valence-electron chi connectivity index (χ0n) is 5.53. The van der Waals surface area contributed by atoms with Gasteiger partial charge in [0, 0.05) is 13.3 Å². The van der Waals surface area contributed by atoms with Gasteiger partial charge in [-0.25, -0.2) is 4.34 Å². The highest BCUT2D eigenvalue weighted by atomic mass is 32.4. The minimum Gasteiger partial charge on any atom is -0.250 e. The van der Waals surface area contributed by atoms with E-state index in [1.165, 1.54) is 0 Å². The summed E-state index contributed by atoms with van der Waals surface area (Å²) in [7, 11) is 0. The van der Waals surface area contributed by atoms with Crippen LogP contribution in [0.15, 0.2) is 18.7 Å². The van der Waals surface area contributed by atoms with E-state index in [-0.39, 0.29) is 0 Å². The monoisotopic (exact) mass is 161 g/mol. The van der Waals surface area contributed by atoms with Crippen molar-refractivity contribution in [3.05, 3.63) is 18.7 Å². The SMILES string of the molecule is CP(C)(=S)[n+]1cc[nH]c1. The van der Waals surface area contributed by atoms with Gasteiger partial charge in [-0.15, -0.1) is 0 Å². The van der Waals surface area contributed by atoms with Crippen molar-refractivity contribution in [2.75, 3.05) is 13.3 Å². The van der Waals surface area contributed by atoms with Gasteiger partial charge in [-0.1, -0.05) is 0 Å². The number of aromatic amines is 1. The number of hydrogen-bond donors (Lipinski definition) is 1. The molecule has 0 radical (unpaired) electrons. The predicted octanol–water partition coefficient (Wildman–Crippen LogP) is 0.804. The van der Waals surface area contributed by atoms with Crippen LogP contribution in [-0.4, -0.2) is 18.3 Å². The second-order valence-electron chi connectivity index (χ2n) is 2.29. The molecule has 0 atom stereocenters. The number of H-pyrrole nitrogens is 1. The summed E-state index contributed by atoms with van der Waals surface area (Å²) in [6, 6.07) is 0. The Labute approximate surface area is 60.0 Å². The summed E-state index contributed by atoms with van der Waals surface area (Å²) in [5, 5.41) is 0. The van der Waals surface area contributed by atoms with Gasteiger partial charge in [-0.2, -0.15) is 0 Å². The van der Waals surface area contributed by atoms with Crippen LogP contribution in [0.4, 0.5) is 0 Å². The molecule has 0 aliphatic rings. The fourth-order valence-corrected chi connectivity index (χ4v) is 1.62. The molecule has 1 aromatic heterocycles. The molecular formula is C5H10N2PS+. The van der Waals surface area contributed by atoms with Gasteiger partial charge in [-0.3, -0.25) is 4.98 Å². The zero-order chi connectivity index (χ0) is 6.91. The minimum atomic E-state index is -1.25. The summed E-state index contributed by atoms with van der Waals surface area (Å²) < 4.78 is 2.06.